The first-order chi connectivity index (χ1) is 8.91. The van der Waals surface area contributed by atoms with Gasteiger partial charge in [-0.25, -0.2) is 9.59 Å². The predicted octanol–water partition coefficient (Wildman–Crippen LogP) is 1.71. The highest BCUT2D eigenvalue weighted by atomic mass is 79.9. The number of carboxylic acids is 1. The minimum Gasteiger partial charge on any atom is -0.479 e. The number of nitrogens with one attached hydrogen (secondary N) is 2. The molecule has 6 nitrogen and oxygen atoms in total. The number of carbonyl (C=O) groups is 2. The number of anilines is 1. The third kappa shape index (κ3) is 4.88. The van der Waals surface area contributed by atoms with Gasteiger partial charge in [0, 0.05) is 17.4 Å². The Kier molecular flexibility index (Phi) is 5.78. The largest absolute Gasteiger partial charge is 0.479 e. The number of amides is 2. The van der Waals surface area contributed by atoms with Crippen LogP contribution in [0.5, 0.6) is 0 Å². The lowest BCUT2D eigenvalue weighted by atomic mass is 10.2. The van der Waals surface area contributed by atoms with Gasteiger partial charge < -0.3 is 20.8 Å². The lowest BCUT2D eigenvalue weighted by Crippen LogP contribution is -2.33. The van der Waals surface area contributed by atoms with Crippen LogP contribution < -0.4 is 10.6 Å². The highest BCUT2D eigenvalue weighted by molar-refractivity contribution is 9.10. The molecule has 0 aliphatic carbocycles. The van der Waals surface area contributed by atoms with Gasteiger partial charge in [-0.05, 0) is 34.5 Å². The molecule has 1 atom stereocenters. The van der Waals surface area contributed by atoms with Crippen LogP contribution >= 0.6 is 15.9 Å². The normalized spacial score (nSPS) is 11.7. The number of hydrogen-bond donors (Lipinski definition) is 4. The Bertz CT molecular complexity index is 479. The van der Waals surface area contributed by atoms with Crippen LogP contribution in [-0.4, -0.2) is 34.9 Å². The van der Waals surface area contributed by atoms with E-state index in [1.54, 1.807) is 6.07 Å². The summed E-state index contributed by atoms with van der Waals surface area (Å²) < 4.78 is 0.788. The number of aliphatic hydroxyl groups excluding tert-OH is 1. The van der Waals surface area contributed by atoms with Gasteiger partial charge in [-0.15, -0.1) is 0 Å². The number of rotatable bonds is 5. The molecule has 1 rings (SSSR count). The molecule has 0 heterocycles. The van der Waals surface area contributed by atoms with Crippen molar-refractivity contribution in [2.24, 2.45) is 0 Å². The SMILES string of the molecule is Cc1cccc(NC(=O)NCCC(O)C(=O)O)c1Br. The summed E-state index contributed by atoms with van der Waals surface area (Å²) in [5.41, 5.74) is 1.61. The van der Waals surface area contributed by atoms with Gasteiger partial charge in [0.1, 0.15) is 0 Å². The quantitative estimate of drug-likeness (QED) is 0.660. The fourth-order valence-electron chi connectivity index (χ4n) is 1.36. The molecule has 1 unspecified atom stereocenters. The Balaban J connectivity index is 2.43. The number of benzene rings is 1. The average molecular weight is 331 g/mol. The van der Waals surface area contributed by atoms with E-state index in [0.717, 1.165) is 10.0 Å². The lowest BCUT2D eigenvalue weighted by molar-refractivity contribution is -0.146. The standard InChI is InChI=1S/C12H15BrN2O4/c1-7-3-2-4-8(10(7)13)15-12(19)14-6-5-9(16)11(17)18/h2-4,9,16H,5-6H2,1H3,(H,17,18)(H2,14,15,19). The first kappa shape index (κ1) is 15.5. The van der Waals surface area contributed by atoms with Crippen LogP contribution in [-0.2, 0) is 4.79 Å². The maximum atomic E-state index is 11.6. The maximum Gasteiger partial charge on any atom is 0.332 e. The Morgan fingerprint density at radius 2 is 2.11 bits per heavy atom. The second-order valence-electron chi connectivity index (χ2n) is 3.96. The molecule has 19 heavy (non-hydrogen) atoms. The van der Waals surface area contributed by atoms with Crippen LogP contribution in [0.15, 0.2) is 22.7 Å². The fraction of sp³-hybridized carbons (Fsp3) is 0.333. The van der Waals surface area contributed by atoms with Crippen LogP contribution in [0.25, 0.3) is 0 Å². The minimum atomic E-state index is -1.47. The van der Waals surface area contributed by atoms with E-state index < -0.39 is 18.1 Å². The molecule has 0 spiro atoms. The highest BCUT2D eigenvalue weighted by Gasteiger charge is 2.13. The maximum absolute atomic E-state index is 11.6. The van der Waals surface area contributed by atoms with Gasteiger partial charge in [-0.3, -0.25) is 0 Å². The zero-order chi connectivity index (χ0) is 14.4. The molecule has 0 saturated carbocycles. The van der Waals surface area contributed by atoms with Gasteiger partial charge in [0.15, 0.2) is 6.10 Å². The number of carboxylic acid groups (broad SMARTS) is 1. The van der Waals surface area contributed by atoms with E-state index in [9.17, 15) is 9.59 Å². The van der Waals surface area contributed by atoms with Crippen LogP contribution in [0.4, 0.5) is 10.5 Å². The van der Waals surface area contributed by atoms with Crippen LogP contribution in [0.2, 0.25) is 0 Å². The van der Waals surface area contributed by atoms with Crippen molar-refractivity contribution in [2.45, 2.75) is 19.4 Å². The predicted molar refractivity (Wildman–Crippen MR) is 74.2 cm³/mol. The summed E-state index contributed by atoms with van der Waals surface area (Å²) in [6.07, 6.45) is -1.51. The van der Waals surface area contributed by atoms with E-state index >= 15 is 0 Å². The van der Waals surface area contributed by atoms with E-state index in [2.05, 4.69) is 26.6 Å². The molecule has 0 saturated heterocycles. The number of aryl methyl sites for hydroxylation is 1. The molecule has 0 radical (unpaired) electrons. The molecule has 2 amide bonds. The number of carbonyl (C=O) groups excluding carboxylic acids is 1. The molecule has 1 aromatic rings. The molecule has 1 aromatic carbocycles. The minimum absolute atomic E-state index is 0.0439. The summed E-state index contributed by atoms with van der Waals surface area (Å²) >= 11 is 3.36. The van der Waals surface area contributed by atoms with Crippen molar-refractivity contribution in [3.63, 3.8) is 0 Å². The molecular weight excluding hydrogens is 316 g/mol. The Morgan fingerprint density at radius 3 is 2.74 bits per heavy atom. The zero-order valence-corrected chi connectivity index (χ0v) is 11.9. The lowest BCUT2D eigenvalue weighted by Gasteiger charge is -2.11. The number of hydrogen-bond acceptors (Lipinski definition) is 3. The van der Waals surface area contributed by atoms with Gasteiger partial charge in [-0.2, -0.15) is 0 Å². The number of aliphatic carboxylic acids is 1. The first-order valence-corrected chi connectivity index (χ1v) is 6.42. The molecule has 104 valence electrons. The van der Waals surface area contributed by atoms with E-state index in [4.69, 9.17) is 10.2 Å². The second kappa shape index (κ2) is 7.10. The molecule has 0 aliphatic heterocycles. The number of urea groups is 1. The summed E-state index contributed by atoms with van der Waals surface area (Å²) in [5, 5.41) is 22.6. The van der Waals surface area contributed by atoms with Crippen LogP contribution in [0, 0.1) is 6.92 Å². The Hall–Kier alpha value is -1.60. The van der Waals surface area contributed by atoms with E-state index in [-0.39, 0.29) is 13.0 Å². The average Bonchev–Trinajstić information content (AvgIpc) is 2.34. The summed E-state index contributed by atoms with van der Waals surface area (Å²) in [7, 11) is 0. The number of halogens is 1. The van der Waals surface area contributed by atoms with Gasteiger partial charge in [0.25, 0.3) is 0 Å². The van der Waals surface area contributed by atoms with E-state index in [1.165, 1.54) is 0 Å². The van der Waals surface area contributed by atoms with E-state index in [1.807, 2.05) is 19.1 Å². The van der Waals surface area contributed by atoms with Crippen molar-refractivity contribution in [1.82, 2.24) is 5.32 Å². The van der Waals surface area contributed by atoms with Crippen LogP contribution in [0.1, 0.15) is 12.0 Å². The third-order valence-corrected chi connectivity index (χ3v) is 3.48. The molecule has 0 fully saturated rings. The fourth-order valence-corrected chi connectivity index (χ4v) is 1.72. The Labute approximate surface area is 118 Å². The van der Waals surface area contributed by atoms with Crippen molar-refractivity contribution in [2.75, 3.05) is 11.9 Å². The van der Waals surface area contributed by atoms with Crippen molar-refractivity contribution < 1.29 is 19.8 Å². The molecule has 7 heteroatoms. The monoisotopic (exact) mass is 330 g/mol. The molecule has 0 bridgehead atoms. The van der Waals surface area contributed by atoms with Crippen molar-refractivity contribution in [3.8, 4) is 0 Å². The molecule has 0 aliphatic rings. The Morgan fingerprint density at radius 1 is 1.42 bits per heavy atom. The van der Waals surface area contributed by atoms with Crippen LogP contribution in [0.3, 0.4) is 0 Å². The summed E-state index contributed by atoms with van der Waals surface area (Å²) in [5.74, 6) is -1.30. The summed E-state index contributed by atoms with van der Waals surface area (Å²) in [6.45, 7) is 1.97. The van der Waals surface area contributed by atoms with Gasteiger partial charge in [-0.1, -0.05) is 12.1 Å². The van der Waals surface area contributed by atoms with Gasteiger partial charge >= 0.3 is 12.0 Å². The molecule has 0 aromatic heterocycles. The second-order valence-corrected chi connectivity index (χ2v) is 4.75. The summed E-state index contributed by atoms with van der Waals surface area (Å²) in [6, 6.07) is 4.99. The van der Waals surface area contributed by atoms with Gasteiger partial charge in [0.05, 0.1) is 5.69 Å². The third-order valence-electron chi connectivity index (χ3n) is 2.43. The van der Waals surface area contributed by atoms with E-state index in [0.29, 0.717) is 5.69 Å². The highest BCUT2D eigenvalue weighted by Crippen LogP contribution is 2.25. The molecule has 4 N–H and O–H groups in total. The topological polar surface area (TPSA) is 98.7 Å². The summed E-state index contributed by atoms with van der Waals surface area (Å²) in [4.78, 5) is 21.9. The number of aliphatic hydroxyl groups is 1. The molecular formula is C12H15BrN2O4. The smallest absolute Gasteiger partial charge is 0.332 e. The van der Waals surface area contributed by atoms with Crippen molar-refractivity contribution >= 4 is 33.6 Å². The van der Waals surface area contributed by atoms with Crippen molar-refractivity contribution in [3.05, 3.63) is 28.2 Å². The first-order valence-electron chi connectivity index (χ1n) is 5.62. The zero-order valence-electron chi connectivity index (χ0n) is 10.3. The van der Waals surface area contributed by atoms with Crippen molar-refractivity contribution in [1.29, 1.82) is 0 Å². The van der Waals surface area contributed by atoms with Gasteiger partial charge in [0.2, 0.25) is 0 Å².